The van der Waals surface area contributed by atoms with Crippen LogP contribution in [0.2, 0.25) is 0 Å². The molecule has 2 heterocycles. The van der Waals surface area contributed by atoms with Gasteiger partial charge in [-0.05, 0) is 38.1 Å². The third-order valence-electron chi connectivity index (χ3n) is 4.80. The fourth-order valence-electron chi connectivity index (χ4n) is 3.35. The molecule has 2 aromatic heterocycles. The Balaban J connectivity index is 1.85. The van der Waals surface area contributed by atoms with Gasteiger partial charge in [0.05, 0.1) is 47.3 Å². The van der Waals surface area contributed by atoms with Crippen molar-refractivity contribution >= 4 is 38.9 Å². The largest absolute Gasteiger partial charge is 0.492 e. The van der Waals surface area contributed by atoms with E-state index in [1.807, 2.05) is 55.5 Å². The van der Waals surface area contributed by atoms with Crippen LogP contribution in [0, 0.1) is 0 Å². The molecule has 32 heavy (non-hydrogen) atoms. The molecular formula is C23H22N4O4S. The average molecular weight is 451 g/mol. The molecule has 0 fully saturated rings. The minimum atomic E-state index is -0.466. The molecule has 0 amide bonds. The SMILES string of the molecule is CCOc1ccccc1N=C(C)c1c(CC(=O)OC)[nH]n(-c2nc3ccccc3s2)c1=O. The van der Waals surface area contributed by atoms with Crippen LogP contribution in [0.4, 0.5) is 5.69 Å². The van der Waals surface area contributed by atoms with Crippen molar-refractivity contribution in [3.8, 4) is 10.9 Å². The predicted octanol–water partition coefficient (Wildman–Crippen LogP) is 4.03. The Bertz CT molecular complexity index is 1330. The van der Waals surface area contributed by atoms with Gasteiger partial charge in [0, 0.05) is 0 Å². The number of methoxy groups -OCH3 is 1. The van der Waals surface area contributed by atoms with Crippen LogP contribution in [-0.2, 0) is 16.0 Å². The Hall–Kier alpha value is -3.72. The van der Waals surface area contributed by atoms with Crippen molar-refractivity contribution in [3.63, 3.8) is 0 Å². The van der Waals surface area contributed by atoms with Crippen LogP contribution >= 0.6 is 11.3 Å². The molecule has 0 aliphatic carbocycles. The number of H-pyrrole nitrogens is 1. The van der Waals surface area contributed by atoms with Crippen molar-refractivity contribution in [1.29, 1.82) is 0 Å². The van der Waals surface area contributed by atoms with Crippen molar-refractivity contribution in [3.05, 3.63) is 70.1 Å². The van der Waals surface area contributed by atoms with Crippen LogP contribution in [0.3, 0.4) is 0 Å². The van der Waals surface area contributed by atoms with Gasteiger partial charge in [0.25, 0.3) is 5.56 Å². The number of thiazole rings is 1. The summed E-state index contributed by atoms with van der Waals surface area (Å²) >= 11 is 1.38. The topological polar surface area (TPSA) is 98.6 Å². The Morgan fingerprint density at radius 1 is 1.19 bits per heavy atom. The molecule has 0 saturated heterocycles. The molecule has 2 aromatic carbocycles. The molecule has 9 heteroatoms. The third-order valence-corrected chi connectivity index (χ3v) is 5.82. The monoisotopic (exact) mass is 450 g/mol. The van der Waals surface area contributed by atoms with E-state index in [9.17, 15) is 9.59 Å². The third kappa shape index (κ3) is 4.19. The van der Waals surface area contributed by atoms with E-state index in [-0.39, 0.29) is 12.0 Å². The second-order valence-electron chi connectivity index (χ2n) is 6.92. The van der Waals surface area contributed by atoms with Gasteiger partial charge in [-0.15, -0.1) is 0 Å². The molecule has 0 bridgehead atoms. The molecule has 0 aliphatic rings. The summed E-state index contributed by atoms with van der Waals surface area (Å²) < 4.78 is 12.8. The van der Waals surface area contributed by atoms with Crippen LogP contribution in [0.25, 0.3) is 15.3 Å². The minimum Gasteiger partial charge on any atom is -0.492 e. The molecule has 8 nitrogen and oxygen atoms in total. The van der Waals surface area contributed by atoms with Gasteiger partial charge in [-0.3, -0.25) is 14.7 Å². The van der Waals surface area contributed by atoms with Gasteiger partial charge in [0.1, 0.15) is 11.4 Å². The van der Waals surface area contributed by atoms with Gasteiger partial charge in [0.2, 0.25) is 5.13 Å². The van der Waals surface area contributed by atoms with E-state index in [1.54, 1.807) is 6.92 Å². The number of nitrogens with one attached hydrogen (secondary N) is 1. The number of benzene rings is 2. The highest BCUT2D eigenvalue weighted by Crippen LogP contribution is 2.28. The Labute approximate surface area is 188 Å². The van der Waals surface area contributed by atoms with Crippen LogP contribution in [0.1, 0.15) is 25.1 Å². The maximum absolute atomic E-state index is 13.4. The quantitative estimate of drug-likeness (QED) is 0.339. The first kappa shape index (κ1) is 21.5. The van der Waals surface area contributed by atoms with E-state index < -0.39 is 5.97 Å². The number of hydrogen-bond acceptors (Lipinski definition) is 7. The van der Waals surface area contributed by atoms with E-state index in [4.69, 9.17) is 9.47 Å². The highest BCUT2D eigenvalue weighted by molar-refractivity contribution is 7.20. The summed E-state index contributed by atoms with van der Waals surface area (Å²) in [4.78, 5) is 34.6. The molecule has 0 radical (unpaired) electrons. The zero-order valence-corrected chi connectivity index (χ0v) is 18.7. The first-order valence-corrected chi connectivity index (χ1v) is 10.9. The zero-order chi connectivity index (χ0) is 22.7. The molecule has 0 aliphatic heterocycles. The second-order valence-corrected chi connectivity index (χ2v) is 7.93. The normalized spacial score (nSPS) is 11.7. The summed E-state index contributed by atoms with van der Waals surface area (Å²) in [5, 5.41) is 3.52. The number of aromatic amines is 1. The average Bonchev–Trinajstić information content (AvgIpc) is 3.35. The summed E-state index contributed by atoms with van der Waals surface area (Å²) in [6, 6.07) is 15.0. The maximum atomic E-state index is 13.4. The van der Waals surface area contributed by atoms with Gasteiger partial charge in [-0.25, -0.2) is 9.98 Å². The molecule has 1 N–H and O–H groups in total. The number of esters is 1. The molecule has 0 unspecified atom stereocenters. The molecule has 4 aromatic rings. The maximum Gasteiger partial charge on any atom is 0.311 e. The Morgan fingerprint density at radius 2 is 1.94 bits per heavy atom. The highest BCUT2D eigenvalue weighted by atomic mass is 32.1. The minimum absolute atomic E-state index is 0.0983. The number of nitrogens with zero attached hydrogens (tertiary/aromatic N) is 3. The van der Waals surface area contributed by atoms with Crippen molar-refractivity contribution in [2.75, 3.05) is 13.7 Å². The van der Waals surface area contributed by atoms with Gasteiger partial charge in [-0.1, -0.05) is 35.6 Å². The van der Waals surface area contributed by atoms with Gasteiger partial charge in [0.15, 0.2) is 0 Å². The lowest BCUT2D eigenvalue weighted by molar-refractivity contribution is -0.139. The number of aromatic nitrogens is 3. The Morgan fingerprint density at radius 3 is 2.69 bits per heavy atom. The van der Waals surface area contributed by atoms with Gasteiger partial charge < -0.3 is 9.47 Å². The number of rotatable bonds is 7. The fourth-order valence-corrected chi connectivity index (χ4v) is 4.28. The lowest BCUT2D eigenvalue weighted by atomic mass is 10.1. The summed E-state index contributed by atoms with van der Waals surface area (Å²) in [6.07, 6.45) is -0.0983. The van der Waals surface area contributed by atoms with Crippen molar-refractivity contribution in [1.82, 2.24) is 14.8 Å². The molecule has 0 saturated carbocycles. The first-order chi connectivity index (χ1) is 15.5. The zero-order valence-electron chi connectivity index (χ0n) is 17.9. The van der Waals surface area contributed by atoms with E-state index in [1.165, 1.54) is 23.1 Å². The summed E-state index contributed by atoms with van der Waals surface area (Å²) in [7, 11) is 1.31. The van der Waals surface area contributed by atoms with Crippen LogP contribution in [0.5, 0.6) is 5.75 Å². The summed E-state index contributed by atoms with van der Waals surface area (Å²) in [5.41, 5.74) is 2.23. The van der Waals surface area contributed by atoms with Gasteiger partial charge >= 0.3 is 5.97 Å². The number of para-hydroxylation sites is 3. The fraction of sp³-hybridized carbons (Fsp3) is 0.217. The number of carbonyl (C=O) groups is 1. The first-order valence-electron chi connectivity index (χ1n) is 10.1. The molecular weight excluding hydrogens is 428 g/mol. The van der Waals surface area contributed by atoms with E-state index in [2.05, 4.69) is 15.1 Å². The lowest BCUT2D eigenvalue weighted by Gasteiger charge is -2.07. The number of carbonyl (C=O) groups excluding carboxylic acids is 1. The highest BCUT2D eigenvalue weighted by Gasteiger charge is 2.22. The van der Waals surface area contributed by atoms with E-state index >= 15 is 0 Å². The molecule has 4 rings (SSSR count). The number of aliphatic imine (C=N–C) groups is 1. The van der Waals surface area contributed by atoms with Crippen LogP contribution in [0.15, 0.2) is 58.3 Å². The van der Waals surface area contributed by atoms with Crippen LogP contribution in [-0.4, -0.2) is 40.2 Å². The lowest BCUT2D eigenvalue weighted by Crippen LogP contribution is -2.20. The molecule has 164 valence electrons. The van der Waals surface area contributed by atoms with E-state index in [0.717, 1.165) is 10.2 Å². The van der Waals surface area contributed by atoms with Crippen molar-refractivity contribution in [2.24, 2.45) is 4.99 Å². The number of hydrogen-bond donors (Lipinski definition) is 1. The van der Waals surface area contributed by atoms with Crippen molar-refractivity contribution in [2.45, 2.75) is 20.3 Å². The van der Waals surface area contributed by atoms with Crippen LogP contribution < -0.4 is 10.3 Å². The predicted molar refractivity (Wildman–Crippen MR) is 125 cm³/mol. The molecule has 0 atom stereocenters. The number of ether oxygens (including phenoxy) is 2. The van der Waals surface area contributed by atoms with Gasteiger partial charge in [-0.2, -0.15) is 4.68 Å². The number of fused-ring (bicyclic) bond motifs is 1. The second kappa shape index (κ2) is 9.19. The van der Waals surface area contributed by atoms with E-state index in [0.29, 0.717) is 40.1 Å². The van der Waals surface area contributed by atoms with Crippen molar-refractivity contribution < 1.29 is 14.3 Å². The molecule has 0 spiro atoms. The Kier molecular flexibility index (Phi) is 6.18. The standard InChI is InChI=1S/C23H22N4O4S/c1-4-31-18-11-7-5-9-15(18)24-14(2)21-17(13-20(28)30-3)26-27(22(21)29)23-25-16-10-6-8-12-19(16)32-23/h5-12,26H,4,13H2,1-3H3. The summed E-state index contributed by atoms with van der Waals surface area (Å²) in [5.74, 6) is 0.150. The smallest absolute Gasteiger partial charge is 0.311 e. The summed E-state index contributed by atoms with van der Waals surface area (Å²) in [6.45, 7) is 4.12.